The van der Waals surface area contributed by atoms with Crippen LogP contribution in [0.2, 0.25) is 5.02 Å². The minimum Gasteiger partial charge on any atom is -0.481 e. The van der Waals surface area contributed by atoms with Gasteiger partial charge in [-0.2, -0.15) is 5.10 Å². The molecule has 2 aromatic rings. The Kier molecular flexibility index (Phi) is 4.24. The SMILES string of the molecule is Cc1cccc(Nc2cnn(C34CC5CC(CC(C5)C3C(=O)O)C4)c(=O)c2Cl)c1. The van der Waals surface area contributed by atoms with Gasteiger partial charge in [0, 0.05) is 5.69 Å². The highest BCUT2D eigenvalue weighted by Gasteiger charge is 2.61. The summed E-state index contributed by atoms with van der Waals surface area (Å²) in [6.45, 7) is 1.99. The number of aryl methyl sites for hydroxylation is 1. The average Bonchev–Trinajstić information content (AvgIpc) is 2.64. The summed E-state index contributed by atoms with van der Waals surface area (Å²) in [7, 11) is 0. The van der Waals surface area contributed by atoms with Crippen LogP contribution < -0.4 is 10.9 Å². The van der Waals surface area contributed by atoms with Crippen molar-refractivity contribution in [3.63, 3.8) is 0 Å². The second kappa shape index (κ2) is 6.59. The fourth-order valence-electron chi connectivity index (χ4n) is 6.45. The normalized spacial score (nSPS) is 32.3. The van der Waals surface area contributed by atoms with Crippen LogP contribution in [0.1, 0.15) is 37.7 Å². The number of rotatable bonds is 4. The fourth-order valence-corrected chi connectivity index (χ4v) is 6.63. The Labute approximate surface area is 173 Å². The van der Waals surface area contributed by atoms with Crippen LogP contribution in [-0.2, 0) is 10.3 Å². The van der Waals surface area contributed by atoms with E-state index in [0.717, 1.165) is 30.5 Å². The van der Waals surface area contributed by atoms with Crippen molar-refractivity contribution in [2.75, 3.05) is 5.32 Å². The van der Waals surface area contributed by atoms with Gasteiger partial charge in [-0.15, -0.1) is 0 Å². The first-order valence-corrected chi connectivity index (χ1v) is 10.6. The molecular weight excluding hydrogens is 390 g/mol. The van der Waals surface area contributed by atoms with Crippen molar-refractivity contribution in [3.05, 3.63) is 51.4 Å². The summed E-state index contributed by atoms with van der Waals surface area (Å²) in [5, 5.41) is 17.7. The van der Waals surface area contributed by atoms with Gasteiger partial charge >= 0.3 is 5.97 Å². The molecule has 4 saturated carbocycles. The highest BCUT2D eigenvalue weighted by atomic mass is 35.5. The second-order valence-corrected chi connectivity index (χ2v) is 9.49. The molecule has 0 saturated heterocycles. The molecular formula is C22H24ClN3O3. The van der Waals surface area contributed by atoms with Crippen molar-refractivity contribution in [2.45, 2.75) is 44.6 Å². The molecule has 4 aliphatic carbocycles. The number of carboxylic acids is 1. The number of halogens is 1. The van der Waals surface area contributed by atoms with Crippen LogP contribution in [0.4, 0.5) is 11.4 Å². The third kappa shape index (κ3) is 2.88. The number of carboxylic acid groups (broad SMARTS) is 1. The van der Waals surface area contributed by atoms with Crippen molar-refractivity contribution in [2.24, 2.45) is 23.7 Å². The summed E-state index contributed by atoms with van der Waals surface area (Å²) in [5.41, 5.74) is 1.19. The van der Waals surface area contributed by atoms with E-state index in [0.29, 0.717) is 30.4 Å². The number of benzene rings is 1. The molecule has 6 nitrogen and oxygen atoms in total. The number of hydrogen-bond donors (Lipinski definition) is 2. The summed E-state index contributed by atoms with van der Waals surface area (Å²) in [5.74, 6) is -0.328. The van der Waals surface area contributed by atoms with E-state index in [2.05, 4.69) is 10.4 Å². The first-order valence-electron chi connectivity index (χ1n) is 10.2. The number of anilines is 2. The van der Waals surface area contributed by atoms with Gasteiger partial charge < -0.3 is 10.4 Å². The van der Waals surface area contributed by atoms with Crippen LogP contribution in [0.3, 0.4) is 0 Å². The number of aromatic nitrogens is 2. The number of carbonyl (C=O) groups is 1. The molecule has 0 radical (unpaired) electrons. The third-order valence-corrected chi connectivity index (χ3v) is 7.54. The molecule has 1 aromatic carbocycles. The molecule has 1 aromatic heterocycles. The zero-order valence-electron chi connectivity index (χ0n) is 16.3. The maximum atomic E-state index is 13.3. The molecule has 3 unspecified atom stereocenters. The number of hydrogen-bond acceptors (Lipinski definition) is 4. The Balaban J connectivity index is 1.57. The molecule has 6 rings (SSSR count). The summed E-state index contributed by atoms with van der Waals surface area (Å²) in [4.78, 5) is 25.5. The lowest BCUT2D eigenvalue weighted by molar-refractivity contribution is -0.168. The lowest BCUT2D eigenvalue weighted by atomic mass is 9.48. The molecule has 7 heteroatoms. The predicted molar refractivity (Wildman–Crippen MR) is 111 cm³/mol. The molecule has 4 fully saturated rings. The van der Waals surface area contributed by atoms with E-state index in [1.165, 1.54) is 4.68 Å². The number of aliphatic carboxylic acids is 1. The molecule has 2 N–H and O–H groups in total. The van der Waals surface area contributed by atoms with Crippen molar-refractivity contribution in [3.8, 4) is 0 Å². The van der Waals surface area contributed by atoms with Crippen molar-refractivity contribution < 1.29 is 9.90 Å². The summed E-state index contributed by atoms with van der Waals surface area (Å²) in [6.07, 6.45) is 5.99. The standard InChI is InChI=1S/C22H24ClN3O3/c1-12-3-2-4-16(5-12)25-17-11-24-26(20(27)19(17)23)22-9-13-6-14(10-22)8-15(7-13)18(22)21(28)29/h2-5,11,13-15,18,25H,6-10H2,1H3,(H,28,29). The molecule has 29 heavy (non-hydrogen) atoms. The van der Waals surface area contributed by atoms with E-state index in [-0.39, 0.29) is 10.9 Å². The van der Waals surface area contributed by atoms with Gasteiger partial charge in [0.05, 0.1) is 23.3 Å². The maximum absolute atomic E-state index is 13.3. The topological polar surface area (TPSA) is 84.2 Å². The number of nitrogens with zero attached hydrogens (tertiary/aromatic N) is 2. The zero-order chi connectivity index (χ0) is 20.3. The minimum atomic E-state index is -0.819. The van der Waals surface area contributed by atoms with E-state index in [9.17, 15) is 14.7 Å². The highest BCUT2D eigenvalue weighted by molar-refractivity contribution is 6.33. The zero-order valence-corrected chi connectivity index (χ0v) is 17.0. The Morgan fingerprint density at radius 1 is 1.28 bits per heavy atom. The summed E-state index contributed by atoms with van der Waals surface area (Å²) < 4.78 is 1.42. The largest absolute Gasteiger partial charge is 0.481 e. The van der Waals surface area contributed by atoms with E-state index in [4.69, 9.17) is 11.6 Å². The van der Waals surface area contributed by atoms with Crippen LogP contribution in [-0.4, -0.2) is 20.9 Å². The molecule has 4 aliphatic rings. The molecule has 0 amide bonds. The minimum absolute atomic E-state index is 0.0568. The number of nitrogens with one attached hydrogen (secondary N) is 1. The molecule has 3 atom stereocenters. The van der Waals surface area contributed by atoms with Gasteiger partial charge in [-0.25, -0.2) is 4.68 Å². The Hall–Kier alpha value is -2.34. The molecule has 1 heterocycles. The lowest BCUT2D eigenvalue weighted by Crippen LogP contribution is -2.63. The van der Waals surface area contributed by atoms with Crippen LogP contribution in [0.5, 0.6) is 0 Å². The highest BCUT2D eigenvalue weighted by Crippen LogP contribution is 2.61. The van der Waals surface area contributed by atoms with E-state index >= 15 is 0 Å². The van der Waals surface area contributed by atoms with Crippen molar-refractivity contribution in [1.29, 1.82) is 0 Å². The van der Waals surface area contributed by atoms with E-state index < -0.39 is 23.0 Å². The first-order chi connectivity index (χ1) is 13.9. The summed E-state index contributed by atoms with van der Waals surface area (Å²) in [6, 6.07) is 7.77. The van der Waals surface area contributed by atoms with E-state index in [1.54, 1.807) is 6.20 Å². The molecule has 4 bridgehead atoms. The quantitative estimate of drug-likeness (QED) is 0.785. The van der Waals surface area contributed by atoms with Gasteiger partial charge in [0.1, 0.15) is 5.02 Å². The molecule has 0 aliphatic heterocycles. The fraction of sp³-hybridized carbons (Fsp3) is 0.500. The summed E-state index contributed by atoms with van der Waals surface area (Å²) >= 11 is 6.47. The molecule has 152 valence electrons. The van der Waals surface area contributed by atoms with Crippen LogP contribution in [0.25, 0.3) is 0 Å². The van der Waals surface area contributed by atoms with Gasteiger partial charge in [0.2, 0.25) is 0 Å². The van der Waals surface area contributed by atoms with Crippen LogP contribution in [0.15, 0.2) is 35.3 Å². The van der Waals surface area contributed by atoms with Gasteiger partial charge in [-0.3, -0.25) is 9.59 Å². The van der Waals surface area contributed by atoms with Crippen molar-refractivity contribution >= 4 is 28.9 Å². The predicted octanol–water partition coefficient (Wildman–Crippen LogP) is 4.18. The van der Waals surface area contributed by atoms with Crippen LogP contribution in [0, 0.1) is 30.6 Å². The van der Waals surface area contributed by atoms with Gasteiger partial charge in [0.25, 0.3) is 5.56 Å². The smallest absolute Gasteiger partial charge is 0.309 e. The van der Waals surface area contributed by atoms with Gasteiger partial charge in [-0.1, -0.05) is 23.7 Å². The lowest BCUT2D eigenvalue weighted by Gasteiger charge is -2.59. The second-order valence-electron chi connectivity index (χ2n) is 9.11. The Morgan fingerprint density at radius 3 is 2.66 bits per heavy atom. The first kappa shape index (κ1) is 18.7. The Morgan fingerprint density at radius 2 is 2.00 bits per heavy atom. The van der Waals surface area contributed by atoms with E-state index in [1.807, 2.05) is 31.2 Å². The maximum Gasteiger partial charge on any atom is 0.309 e. The third-order valence-electron chi connectivity index (χ3n) is 7.18. The Bertz CT molecular complexity index is 1040. The molecule has 0 spiro atoms. The monoisotopic (exact) mass is 413 g/mol. The van der Waals surface area contributed by atoms with Crippen molar-refractivity contribution in [1.82, 2.24) is 9.78 Å². The van der Waals surface area contributed by atoms with Crippen LogP contribution >= 0.6 is 11.6 Å². The van der Waals surface area contributed by atoms with Gasteiger partial charge in [-0.05, 0) is 74.5 Å². The average molecular weight is 414 g/mol. The van der Waals surface area contributed by atoms with Gasteiger partial charge in [0.15, 0.2) is 0 Å².